The predicted octanol–water partition coefficient (Wildman–Crippen LogP) is 1.13. The van der Waals surface area contributed by atoms with Crippen LogP contribution in [-0.4, -0.2) is 53.3 Å². The van der Waals surface area contributed by atoms with E-state index >= 15 is 0 Å². The van der Waals surface area contributed by atoms with E-state index in [2.05, 4.69) is 18.8 Å². The van der Waals surface area contributed by atoms with Gasteiger partial charge in [0.2, 0.25) is 5.91 Å². The van der Waals surface area contributed by atoms with Gasteiger partial charge in [0, 0.05) is 26.3 Å². The van der Waals surface area contributed by atoms with Crippen molar-refractivity contribution in [1.82, 2.24) is 14.8 Å². The highest BCUT2D eigenvalue weighted by Gasteiger charge is 2.26. The average molecular weight is 263 g/mol. The van der Waals surface area contributed by atoms with Crippen LogP contribution in [0.1, 0.15) is 29.9 Å². The Hall–Kier alpha value is -1.78. The molecule has 1 aromatic rings. The number of nitrogens with zero attached hydrogens (tertiary/aromatic N) is 2. The number of amides is 2. The zero-order chi connectivity index (χ0) is 14.0. The summed E-state index contributed by atoms with van der Waals surface area (Å²) < 4.78 is 0. The molecule has 2 heterocycles. The molecule has 2 amide bonds. The molecule has 1 aromatic heterocycles. The number of aromatic amines is 1. The van der Waals surface area contributed by atoms with Crippen LogP contribution in [0.3, 0.4) is 0 Å². The third kappa shape index (κ3) is 3.16. The summed E-state index contributed by atoms with van der Waals surface area (Å²) >= 11 is 0. The monoisotopic (exact) mass is 263 g/mol. The molecule has 0 aromatic carbocycles. The van der Waals surface area contributed by atoms with Gasteiger partial charge in [0.15, 0.2) is 0 Å². The minimum Gasteiger partial charge on any atom is -0.357 e. The van der Waals surface area contributed by atoms with Crippen molar-refractivity contribution in [3.05, 3.63) is 23.5 Å². The third-order valence-electron chi connectivity index (χ3n) is 3.36. The van der Waals surface area contributed by atoms with E-state index in [0.29, 0.717) is 24.7 Å². The molecule has 1 aliphatic rings. The number of H-pyrrole nitrogens is 1. The standard InChI is InChI=1S/C14H21N3O2/c1-10(2)6-11-7-12(15-8-11)14(19)17-5-4-16(3)13(18)9-17/h7-8,10,15H,4-6,9H2,1-3H3. The number of carbonyl (C=O) groups excluding carboxylic acids is 2. The summed E-state index contributed by atoms with van der Waals surface area (Å²) in [6.45, 7) is 5.67. The first-order valence-corrected chi connectivity index (χ1v) is 6.68. The Labute approximate surface area is 113 Å². The van der Waals surface area contributed by atoms with Crippen LogP contribution in [0.25, 0.3) is 0 Å². The lowest BCUT2D eigenvalue weighted by molar-refractivity contribution is -0.133. The smallest absolute Gasteiger partial charge is 0.270 e. The second kappa shape index (κ2) is 5.47. The molecule has 0 radical (unpaired) electrons. The van der Waals surface area contributed by atoms with Crippen molar-refractivity contribution >= 4 is 11.8 Å². The number of aromatic nitrogens is 1. The van der Waals surface area contributed by atoms with Crippen LogP contribution >= 0.6 is 0 Å². The summed E-state index contributed by atoms with van der Waals surface area (Å²) in [6.07, 6.45) is 2.83. The van der Waals surface area contributed by atoms with E-state index in [-0.39, 0.29) is 18.4 Å². The highest BCUT2D eigenvalue weighted by atomic mass is 16.2. The van der Waals surface area contributed by atoms with Gasteiger partial charge >= 0.3 is 0 Å². The second-order valence-corrected chi connectivity index (χ2v) is 5.56. The Morgan fingerprint density at radius 1 is 1.42 bits per heavy atom. The van der Waals surface area contributed by atoms with E-state index in [0.717, 1.165) is 12.0 Å². The van der Waals surface area contributed by atoms with Crippen molar-refractivity contribution in [2.45, 2.75) is 20.3 Å². The zero-order valence-electron chi connectivity index (χ0n) is 11.8. The largest absolute Gasteiger partial charge is 0.357 e. The number of hydrogen-bond acceptors (Lipinski definition) is 2. The van der Waals surface area contributed by atoms with Gasteiger partial charge in [0.25, 0.3) is 5.91 Å². The average Bonchev–Trinajstić information content (AvgIpc) is 2.79. The molecule has 0 atom stereocenters. The van der Waals surface area contributed by atoms with Crippen molar-refractivity contribution in [2.24, 2.45) is 5.92 Å². The summed E-state index contributed by atoms with van der Waals surface area (Å²) in [5.41, 5.74) is 1.71. The fraction of sp³-hybridized carbons (Fsp3) is 0.571. The summed E-state index contributed by atoms with van der Waals surface area (Å²) in [5, 5.41) is 0. The Kier molecular flexibility index (Phi) is 3.93. The number of piperazine rings is 1. The molecule has 1 N–H and O–H groups in total. The molecule has 5 heteroatoms. The van der Waals surface area contributed by atoms with E-state index in [1.54, 1.807) is 16.8 Å². The van der Waals surface area contributed by atoms with Crippen LogP contribution in [0, 0.1) is 5.92 Å². The number of rotatable bonds is 3. The lowest BCUT2D eigenvalue weighted by atomic mass is 10.1. The van der Waals surface area contributed by atoms with Gasteiger partial charge in [-0.3, -0.25) is 9.59 Å². The summed E-state index contributed by atoms with van der Waals surface area (Å²) in [6, 6.07) is 1.89. The quantitative estimate of drug-likeness (QED) is 0.888. The summed E-state index contributed by atoms with van der Waals surface area (Å²) in [4.78, 5) is 30.2. The zero-order valence-corrected chi connectivity index (χ0v) is 11.8. The number of likely N-dealkylation sites (N-methyl/N-ethyl adjacent to an activating group) is 1. The Morgan fingerprint density at radius 2 is 2.16 bits per heavy atom. The topological polar surface area (TPSA) is 56.4 Å². The van der Waals surface area contributed by atoms with E-state index in [9.17, 15) is 9.59 Å². The molecule has 0 saturated carbocycles. The van der Waals surface area contributed by atoms with Gasteiger partial charge in [-0.2, -0.15) is 0 Å². The molecule has 0 spiro atoms. The highest BCUT2D eigenvalue weighted by Crippen LogP contribution is 2.13. The molecule has 19 heavy (non-hydrogen) atoms. The van der Waals surface area contributed by atoms with Gasteiger partial charge in [0.1, 0.15) is 12.2 Å². The first-order valence-electron chi connectivity index (χ1n) is 6.68. The van der Waals surface area contributed by atoms with E-state index in [1.807, 2.05) is 12.3 Å². The SMILES string of the molecule is CC(C)Cc1c[nH]c(C(=O)N2CCN(C)C(=O)C2)c1. The lowest BCUT2D eigenvalue weighted by Crippen LogP contribution is -2.50. The van der Waals surface area contributed by atoms with E-state index in [4.69, 9.17) is 0 Å². The van der Waals surface area contributed by atoms with E-state index < -0.39 is 0 Å². The molecule has 1 saturated heterocycles. The highest BCUT2D eigenvalue weighted by molar-refractivity contribution is 5.95. The van der Waals surface area contributed by atoms with Crippen molar-refractivity contribution in [3.8, 4) is 0 Å². The molecule has 5 nitrogen and oxygen atoms in total. The van der Waals surface area contributed by atoms with Gasteiger partial charge in [-0.1, -0.05) is 13.8 Å². The van der Waals surface area contributed by atoms with Crippen LogP contribution in [0.15, 0.2) is 12.3 Å². The van der Waals surface area contributed by atoms with Crippen LogP contribution in [0.4, 0.5) is 0 Å². The van der Waals surface area contributed by atoms with Crippen LogP contribution in [0.5, 0.6) is 0 Å². The minimum atomic E-state index is -0.0866. The third-order valence-corrected chi connectivity index (χ3v) is 3.36. The molecule has 1 aliphatic heterocycles. The molecular formula is C14H21N3O2. The normalized spacial score (nSPS) is 16.3. The maximum absolute atomic E-state index is 12.3. The second-order valence-electron chi connectivity index (χ2n) is 5.56. The van der Waals surface area contributed by atoms with E-state index in [1.165, 1.54) is 0 Å². The van der Waals surface area contributed by atoms with Gasteiger partial charge in [0.05, 0.1) is 0 Å². The summed E-state index contributed by atoms with van der Waals surface area (Å²) in [5.74, 6) is 0.467. The van der Waals surface area contributed by atoms with Gasteiger partial charge in [-0.05, 0) is 24.0 Å². The molecule has 104 valence electrons. The molecule has 0 unspecified atom stereocenters. The van der Waals surface area contributed by atoms with Crippen molar-refractivity contribution in [2.75, 3.05) is 26.7 Å². The Morgan fingerprint density at radius 3 is 2.79 bits per heavy atom. The molecule has 2 rings (SSSR count). The van der Waals surface area contributed by atoms with Gasteiger partial charge in [-0.25, -0.2) is 0 Å². The molecular weight excluding hydrogens is 242 g/mol. The first-order chi connectivity index (χ1) is 8.97. The molecule has 1 fully saturated rings. The van der Waals surface area contributed by atoms with Gasteiger partial charge < -0.3 is 14.8 Å². The van der Waals surface area contributed by atoms with Crippen molar-refractivity contribution in [3.63, 3.8) is 0 Å². The minimum absolute atomic E-state index is 0.00596. The van der Waals surface area contributed by atoms with Crippen LogP contribution < -0.4 is 0 Å². The fourth-order valence-corrected chi connectivity index (χ4v) is 2.25. The summed E-state index contributed by atoms with van der Waals surface area (Å²) in [7, 11) is 1.76. The fourth-order valence-electron chi connectivity index (χ4n) is 2.25. The molecule has 0 bridgehead atoms. The number of hydrogen-bond donors (Lipinski definition) is 1. The van der Waals surface area contributed by atoms with Crippen molar-refractivity contribution in [1.29, 1.82) is 0 Å². The number of nitrogens with one attached hydrogen (secondary N) is 1. The van der Waals surface area contributed by atoms with Crippen molar-refractivity contribution < 1.29 is 9.59 Å². The van der Waals surface area contributed by atoms with Crippen LogP contribution in [0.2, 0.25) is 0 Å². The Bertz CT molecular complexity index is 479. The maximum atomic E-state index is 12.3. The maximum Gasteiger partial charge on any atom is 0.270 e. The predicted molar refractivity (Wildman–Crippen MR) is 72.9 cm³/mol. The molecule has 0 aliphatic carbocycles. The van der Waals surface area contributed by atoms with Gasteiger partial charge in [-0.15, -0.1) is 0 Å². The number of carbonyl (C=O) groups is 2. The Balaban J connectivity index is 2.03. The lowest BCUT2D eigenvalue weighted by Gasteiger charge is -2.31. The van der Waals surface area contributed by atoms with Crippen LogP contribution in [-0.2, 0) is 11.2 Å². The first kappa shape index (κ1) is 13.6.